The van der Waals surface area contributed by atoms with Crippen molar-refractivity contribution in [3.05, 3.63) is 65.5 Å². The average Bonchev–Trinajstić information content (AvgIpc) is 3.29. The second-order valence-electron chi connectivity index (χ2n) is 5.83. The van der Waals surface area contributed by atoms with Gasteiger partial charge in [0.05, 0.1) is 4.90 Å². The van der Waals surface area contributed by atoms with Crippen molar-refractivity contribution in [2.45, 2.75) is 23.7 Å². The number of rotatable bonds is 5. The van der Waals surface area contributed by atoms with Crippen LogP contribution < -0.4 is 5.14 Å². The van der Waals surface area contributed by atoms with Gasteiger partial charge in [-0.15, -0.1) is 0 Å². The summed E-state index contributed by atoms with van der Waals surface area (Å²) in [6.07, 6.45) is 1.05. The van der Waals surface area contributed by atoms with Crippen molar-refractivity contribution in [2.75, 3.05) is 0 Å². The number of carbonyl (C=O) groups excluding carboxylic acids is 1. The van der Waals surface area contributed by atoms with E-state index >= 15 is 0 Å². The van der Waals surface area contributed by atoms with E-state index in [1.54, 1.807) is 24.3 Å². The molecule has 2 atom stereocenters. The van der Waals surface area contributed by atoms with Gasteiger partial charge in [-0.1, -0.05) is 24.3 Å². The van der Waals surface area contributed by atoms with Crippen LogP contribution in [0.15, 0.2) is 53.4 Å². The second-order valence-corrected chi connectivity index (χ2v) is 7.39. The van der Waals surface area contributed by atoms with Crippen LogP contribution in [-0.4, -0.2) is 14.2 Å². The number of primary sulfonamides is 1. The molecule has 2 aromatic rings. The Morgan fingerprint density at radius 2 is 1.70 bits per heavy atom. The van der Waals surface area contributed by atoms with Crippen LogP contribution in [0, 0.1) is 11.7 Å². The van der Waals surface area contributed by atoms with Gasteiger partial charge in [0.1, 0.15) is 11.6 Å². The first-order chi connectivity index (χ1) is 10.8. The lowest BCUT2D eigenvalue weighted by atomic mass is 10.0. The summed E-state index contributed by atoms with van der Waals surface area (Å²) >= 11 is 0. The number of hydrogen-bond acceptors (Lipinski definition) is 3. The maximum atomic E-state index is 12.9. The number of hydrogen-bond donors (Lipinski definition) is 1. The molecular formula is C17H16FNO3S. The van der Waals surface area contributed by atoms with E-state index < -0.39 is 10.0 Å². The summed E-state index contributed by atoms with van der Waals surface area (Å²) in [5, 5.41) is 5.06. The van der Waals surface area contributed by atoms with Crippen LogP contribution >= 0.6 is 0 Å². The summed E-state index contributed by atoms with van der Waals surface area (Å²) in [4.78, 5) is 12.3. The van der Waals surface area contributed by atoms with Gasteiger partial charge in [0.2, 0.25) is 10.0 Å². The smallest absolute Gasteiger partial charge is 0.238 e. The first-order valence-corrected chi connectivity index (χ1v) is 8.79. The Morgan fingerprint density at radius 3 is 2.26 bits per heavy atom. The highest BCUT2D eigenvalue weighted by molar-refractivity contribution is 7.89. The molecule has 3 rings (SSSR count). The van der Waals surface area contributed by atoms with Gasteiger partial charge in [0.25, 0.3) is 0 Å². The molecule has 0 spiro atoms. The second kappa shape index (κ2) is 5.86. The SMILES string of the molecule is NS(=O)(=O)c1ccc([C@@H]2C[C@H]2C(=O)Cc2ccc(F)cc2)cc1. The molecule has 0 amide bonds. The molecule has 1 fully saturated rings. The van der Waals surface area contributed by atoms with E-state index in [2.05, 4.69) is 0 Å². The summed E-state index contributed by atoms with van der Waals surface area (Å²) in [5.41, 5.74) is 1.74. The van der Waals surface area contributed by atoms with E-state index in [0.717, 1.165) is 17.5 Å². The number of carbonyl (C=O) groups is 1. The molecule has 23 heavy (non-hydrogen) atoms. The summed E-state index contributed by atoms with van der Waals surface area (Å²) < 4.78 is 35.3. The zero-order valence-corrected chi connectivity index (χ0v) is 13.1. The molecular weight excluding hydrogens is 317 g/mol. The summed E-state index contributed by atoms with van der Waals surface area (Å²) in [5.74, 6) is -0.129. The van der Waals surface area contributed by atoms with Crippen molar-refractivity contribution in [3.63, 3.8) is 0 Å². The Labute approximate surface area is 134 Å². The van der Waals surface area contributed by atoms with E-state index in [0.29, 0.717) is 0 Å². The fraction of sp³-hybridized carbons (Fsp3) is 0.235. The van der Waals surface area contributed by atoms with Crippen molar-refractivity contribution in [1.29, 1.82) is 0 Å². The summed E-state index contributed by atoms with van der Waals surface area (Å²) in [7, 11) is -3.70. The fourth-order valence-electron chi connectivity index (χ4n) is 2.76. The Balaban J connectivity index is 1.64. The largest absolute Gasteiger partial charge is 0.299 e. The zero-order chi connectivity index (χ0) is 16.6. The van der Waals surface area contributed by atoms with Crippen molar-refractivity contribution < 1.29 is 17.6 Å². The van der Waals surface area contributed by atoms with Gasteiger partial charge in [-0.2, -0.15) is 0 Å². The van der Waals surface area contributed by atoms with E-state index in [1.165, 1.54) is 24.3 Å². The molecule has 0 unspecified atom stereocenters. The molecule has 2 N–H and O–H groups in total. The van der Waals surface area contributed by atoms with E-state index in [-0.39, 0.29) is 34.8 Å². The van der Waals surface area contributed by atoms with Gasteiger partial charge in [-0.05, 0) is 47.7 Å². The van der Waals surface area contributed by atoms with E-state index in [1.807, 2.05) is 0 Å². The monoisotopic (exact) mass is 333 g/mol. The summed E-state index contributed by atoms with van der Waals surface area (Å²) in [6.45, 7) is 0. The highest BCUT2D eigenvalue weighted by Gasteiger charge is 2.43. The molecule has 2 aromatic carbocycles. The maximum Gasteiger partial charge on any atom is 0.238 e. The van der Waals surface area contributed by atoms with Crippen LogP contribution in [0.1, 0.15) is 23.5 Å². The molecule has 0 heterocycles. The minimum Gasteiger partial charge on any atom is -0.299 e. The highest BCUT2D eigenvalue weighted by atomic mass is 32.2. The van der Waals surface area contributed by atoms with Gasteiger partial charge in [0, 0.05) is 12.3 Å². The number of ketones is 1. The zero-order valence-electron chi connectivity index (χ0n) is 12.3. The van der Waals surface area contributed by atoms with Crippen LogP contribution in [0.5, 0.6) is 0 Å². The number of nitrogens with two attached hydrogens (primary N) is 1. The van der Waals surface area contributed by atoms with Crippen molar-refractivity contribution in [2.24, 2.45) is 11.1 Å². The molecule has 120 valence electrons. The number of halogens is 1. The third-order valence-corrected chi connectivity index (χ3v) is 5.06. The first-order valence-electron chi connectivity index (χ1n) is 7.24. The standard InChI is InChI=1S/C17H16FNO3S/c18-13-5-1-11(2-6-13)9-17(20)16-10-15(16)12-3-7-14(8-4-12)23(19,21)22/h1-8,15-16H,9-10H2,(H2,19,21,22)/t15-,16+/m0/s1. The van der Waals surface area contributed by atoms with E-state index in [9.17, 15) is 17.6 Å². The molecule has 0 bridgehead atoms. The van der Waals surface area contributed by atoms with Gasteiger partial charge in [0.15, 0.2) is 0 Å². The van der Waals surface area contributed by atoms with Gasteiger partial charge in [-0.3, -0.25) is 4.79 Å². The van der Waals surface area contributed by atoms with Gasteiger partial charge >= 0.3 is 0 Å². The van der Waals surface area contributed by atoms with Gasteiger partial charge < -0.3 is 0 Å². The normalized spacial score (nSPS) is 20.3. The van der Waals surface area contributed by atoms with Crippen molar-refractivity contribution in [3.8, 4) is 0 Å². The molecule has 1 aliphatic rings. The average molecular weight is 333 g/mol. The topological polar surface area (TPSA) is 77.2 Å². The molecule has 4 nitrogen and oxygen atoms in total. The molecule has 0 saturated heterocycles. The highest BCUT2D eigenvalue weighted by Crippen LogP contribution is 2.48. The number of Topliss-reactive ketones (excluding diaryl/α,β-unsaturated/α-hetero) is 1. The van der Waals surface area contributed by atoms with Crippen LogP contribution in [-0.2, 0) is 21.2 Å². The predicted octanol–water partition coefficient (Wildman–Crippen LogP) is 2.39. The molecule has 1 aliphatic carbocycles. The lowest BCUT2D eigenvalue weighted by Gasteiger charge is -2.03. The minimum atomic E-state index is -3.70. The molecule has 0 radical (unpaired) electrons. The van der Waals surface area contributed by atoms with Gasteiger partial charge in [-0.25, -0.2) is 17.9 Å². The number of sulfonamides is 1. The lowest BCUT2D eigenvalue weighted by Crippen LogP contribution is -2.12. The Bertz CT molecular complexity index is 829. The van der Waals surface area contributed by atoms with Crippen LogP contribution in [0.2, 0.25) is 0 Å². The summed E-state index contributed by atoms with van der Waals surface area (Å²) in [6, 6.07) is 12.3. The molecule has 0 aromatic heterocycles. The van der Waals surface area contributed by atoms with Crippen LogP contribution in [0.3, 0.4) is 0 Å². The Hall–Kier alpha value is -2.05. The Kier molecular flexibility index (Phi) is 4.04. The fourth-order valence-corrected chi connectivity index (χ4v) is 3.27. The van der Waals surface area contributed by atoms with E-state index in [4.69, 9.17) is 5.14 Å². The Morgan fingerprint density at radius 1 is 1.09 bits per heavy atom. The first kappa shape index (κ1) is 15.8. The third-order valence-electron chi connectivity index (χ3n) is 4.13. The minimum absolute atomic E-state index is 0.0552. The van der Waals surface area contributed by atoms with Crippen molar-refractivity contribution in [1.82, 2.24) is 0 Å². The maximum absolute atomic E-state index is 12.9. The van der Waals surface area contributed by atoms with Crippen molar-refractivity contribution >= 4 is 15.8 Å². The molecule has 1 saturated carbocycles. The number of benzene rings is 2. The molecule has 0 aliphatic heterocycles. The quantitative estimate of drug-likeness (QED) is 0.912. The molecule has 6 heteroatoms. The predicted molar refractivity (Wildman–Crippen MR) is 83.8 cm³/mol. The lowest BCUT2D eigenvalue weighted by molar-refractivity contribution is -0.119. The van der Waals surface area contributed by atoms with Crippen LogP contribution in [0.4, 0.5) is 4.39 Å². The third kappa shape index (κ3) is 3.65. The van der Waals surface area contributed by atoms with Crippen LogP contribution in [0.25, 0.3) is 0 Å².